The molecule has 1 aliphatic heterocycles. The second kappa shape index (κ2) is 11.7. The third kappa shape index (κ3) is 7.66. The molecule has 1 heterocycles. The third-order valence-corrected chi connectivity index (χ3v) is 5.55. The van der Waals surface area contributed by atoms with Gasteiger partial charge >= 0.3 is 5.97 Å². The van der Waals surface area contributed by atoms with Crippen LogP contribution in [0.4, 0.5) is 10.1 Å². The molecule has 4 rings (SSSR count). The van der Waals surface area contributed by atoms with Crippen molar-refractivity contribution in [1.82, 2.24) is 5.32 Å². The summed E-state index contributed by atoms with van der Waals surface area (Å²) in [7, 11) is 0. The lowest BCUT2D eigenvalue weighted by atomic mass is 9.94. The van der Waals surface area contributed by atoms with E-state index in [1.807, 2.05) is 13.8 Å². The smallest absolute Gasteiger partial charge is 0.339 e. The van der Waals surface area contributed by atoms with Gasteiger partial charge in [0.25, 0.3) is 5.91 Å². The predicted octanol–water partition coefficient (Wildman–Crippen LogP) is 3.60. The van der Waals surface area contributed by atoms with E-state index in [9.17, 15) is 24.2 Å². The number of carbonyl (C=O) groups is 2. The molecule has 0 saturated heterocycles. The van der Waals surface area contributed by atoms with Crippen molar-refractivity contribution in [2.75, 3.05) is 18.5 Å². The molecule has 37 heavy (non-hydrogen) atoms. The van der Waals surface area contributed by atoms with Crippen molar-refractivity contribution in [3.05, 3.63) is 83.2 Å². The van der Waals surface area contributed by atoms with Crippen LogP contribution in [-0.4, -0.2) is 51.0 Å². The van der Waals surface area contributed by atoms with Crippen molar-refractivity contribution in [3.8, 4) is 17.2 Å². The monoisotopic (exact) mass is 512 g/mol. The Labute approximate surface area is 213 Å². The summed E-state index contributed by atoms with van der Waals surface area (Å²) in [5.41, 5.74) is 1.29. The van der Waals surface area contributed by atoms with Gasteiger partial charge in [-0.2, -0.15) is 0 Å². The zero-order valence-corrected chi connectivity index (χ0v) is 20.4. The van der Waals surface area contributed by atoms with Gasteiger partial charge in [-0.15, -0.1) is 0 Å². The van der Waals surface area contributed by atoms with Crippen molar-refractivity contribution in [3.63, 3.8) is 0 Å². The Balaban J connectivity index is 0.000000319. The molecule has 1 atom stereocenters. The normalized spacial score (nSPS) is 13.4. The van der Waals surface area contributed by atoms with E-state index in [-0.39, 0.29) is 47.5 Å². The van der Waals surface area contributed by atoms with Crippen LogP contribution >= 0.6 is 0 Å². The van der Waals surface area contributed by atoms with Gasteiger partial charge in [0.1, 0.15) is 28.6 Å². The number of carboxylic acids is 1. The summed E-state index contributed by atoms with van der Waals surface area (Å²) in [4.78, 5) is 21.7. The zero-order chi connectivity index (χ0) is 27.2. The molecule has 9 nitrogen and oxygen atoms in total. The van der Waals surface area contributed by atoms with Crippen LogP contribution in [-0.2, 0) is 11.2 Å². The number of rotatable bonds is 7. The first-order valence-corrected chi connectivity index (χ1v) is 11.4. The Kier molecular flexibility index (Phi) is 8.69. The number of hydrogen-bond donors (Lipinski definition) is 6. The number of aromatic hydroxyl groups is 2. The van der Waals surface area contributed by atoms with Gasteiger partial charge in [0.2, 0.25) is 0 Å². The molecule has 0 bridgehead atoms. The Bertz CT molecular complexity index is 1260. The first-order chi connectivity index (χ1) is 17.4. The fourth-order valence-corrected chi connectivity index (χ4v) is 3.77. The Hall–Kier alpha value is -4.15. The SMILES string of the molecule is CC(C)(Cc1ccc(F)cc1)NC[C@H](O)c1cc(O)cc2c1OCC(=O)N2.O=C(O)c1ccccc1O. The first kappa shape index (κ1) is 27.4. The number of hydrogen-bond acceptors (Lipinski definition) is 7. The lowest BCUT2D eigenvalue weighted by Crippen LogP contribution is -2.43. The molecule has 0 aliphatic carbocycles. The van der Waals surface area contributed by atoms with Gasteiger partial charge in [0.05, 0.1) is 11.8 Å². The molecule has 196 valence electrons. The minimum atomic E-state index is -1.11. The largest absolute Gasteiger partial charge is 0.508 e. The summed E-state index contributed by atoms with van der Waals surface area (Å²) in [6.07, 6.45) is -0.307. The standard InChI is InChI=1S/C20H23FN2O4.C7H6O3/c1-20(2,9-12-3-5-13(21)6-4-12)22-10-17(25)15-7-14(24)8-16-19(15)27-11-18(26)23-16;8-6-4-2-1-3-5(6)7(9)10/h3-8,17,22,24-25H,9-11H2,1-2H3,(H,23,26);1-4,8H,(H,9,10)/t17-;/m0./s1. The van der Waals surface area contributed by atoms with Crippen molar-refractivity contribution in [2.24, 2.45) is 0 Å². The highest BCUT2D eigenvalue weighted by atomic mass is 19.1. The number of nitrogens with one attached hydrogen (secondary N) is 2. The molecule has 0 saturated carbocycles. The van der Waals surface area contributed by atoms with Gasteiger partial charge in [0.15, 0.2) is 6.61 Å². The van der Waals surface area contributed by atoms with Crippen LogP contribution in [0.2, 0.25) is 0 Å². The lowest BCUT2D eigenvalue weighted by molar-refractivity contribution is -0.118. The third-order valence-electron chi connectivity index (χ3n) is 5.55. The number of β-amino-alcohol motifs (C(OH)–C–C–N with tert-alkyl or cyclic N) is 1. The van der Waals surface area contributed by atoms with Crippen LogP contribution in [0.15, 0.2) is 60.7 Å². The van der Waals surface area contributed by atoms with E-state index >= 15 is 0 Å². The molecule has 0 radical (unpaired) electrons. The summed E-state index contributed by atoms with van der Waals surface area (Å²) < 4.78 is 18.5. The molecular weight excluding hydrogens is 483 g/mol. The number of fused-ring (bicyclic) bond motifs is 1. The topological polar surface area (TPSA) is 148 Å². The summed E-state index contributed by atoms with van der Waals surface area (Å²) in [6.45, 7) is 4.04. The number of halogens is 1. The maximum Gasteiger partial charge on any atom is 0.339 e. The quantitative estimate of drug-likeness (QED) is 0.281. The second-order valence-corrected chi connectivity index (χ2v) is 9.15. The average Bonchev–Trinajstić information content (AvgIpc) is 2.83. The highest BCUT2D eigenvalue weighted by Gasteiger charge is 2.26. The van der Waals surface area contributed by atoms with Crippen LogP contribution in [0.25, 0.3) is 0 Å². The van der Waals surface area contributed by atoms with Crippen LogP contribution in [0.5, 0.6) is 17.2 Å². The number of aromatic carboxylic acids is 1. The number of ether oxygens (including phenoxy) is 1. The Morgan fingerprint density at radius 3 is 2.43 bits per heavy atom. The van der Waals surface area contributed by atoms with E-state index in [0.29, 0.717) is 23.4 Å². The van der Waals surface area contributed by atoms with Gasteiger partial charge in [-0.1, -0.05) is 24.3 Å². The molecule has 3 aromatic carbocycles. The summed E-state index contributed by atoms with van der Waals surface area (Å²) in [5.74, 6) is -1.61. The fraction of sp³-hybridized carbons (Fsp3) is 0.259. The highest BCUT2D eigenvalue weighted by Crippen LogP contribution is 2.38. The molecule has 0 spiro atoms. The first-order valence-electron chi connectivity index (χ1n) is 11.4. The molecule has 1 amide bonds. The molecule has 0 fully saturated rings. The molecule has 10 heteroatoms. The van der Waals surface area contributed by atoms with E-state index in [4.69, 9.17) is 14.9 Å². The molecule has 0 unspecified atom stereocenters. The lowest BCUT2D eigenvalue weighted by Gasteiger charge is -2.29. The number of benzene rings is 3. The molecule has 6 N–H and O–H groups in total. The summed E-state index contributed by atoms with van der Waals surface area (Å²) in [5, 5.41) is 43.7. The number of carboxylic acid groups (broad SMARTS) is 1. The predicted molar refractivity (Wildman–Crippen MR) is 134 cm³/mol. The van der Waals surface area contributed by atoms with Crippen LogP contribution in [0, 0.1) is 5.82 Å². The van der Waals surface area contributed by atoms with E-state index in [1.54, 1.807) is 24.3 Å². The second-order valence-electron chi connectivity index (χ2n) is 9.15. The summed E-state index contributed by atoms with van der Waals surface area (Å²) in [6, 6.07) is 14.9. The van der Waals surface area contributed by atoms with E-state index < -0.39 is 12.1 Å². The number of phenols is 2. The molecule has 0 aromatic heterocycles. The van der Waals surface area contributed by atoms with Gasteiger partial charge in [-0.3, -0.25) is 4.79 Å². The number of para-hydroxylation sites is 1. The number of amides is 1. The van der Waals surface area contributed by atoms with Crippen LogP contribution < -0.4 is 15.4 Å². The minimum Gasteiger partial charge on any atom is -0.508 e. The zero-order valence-electron chi connectivity index (χ0n) is 20.4. The Morgan fingerprint density at radius 2 is 1.81 bits per heavy atom. The van der Waals surface area contributed by atoms with Crippen molar-refractivity contribution in [1.29, 1.82) is 0 Å². The number of phenolic OH excluding ortho intramolecular Hbond substituents is 1. The summed E-state index contributed by atoms with van der Waals surface area (Å²) >= 11 is 0. The molecular formula is C27H29FN2O7. The maximum atomic E-state index is 13.0. The van der Waals surface area contributed by atoms with E-state index in [0.717, 1.165) is 5.56 Å². The van der Waals surface area contributed by atoms with E-state index in [1.165, 1.54) is 36.4 Å². The van der Waals surface area contributed by atoms with Crippen LogP contribution in [0.3, 0.4) is 0 Å². The van der Waals surface area contributed by atoms with Gasteiger partial charge < -0.3 is 35.8 Å². The van der Waals surface area contributed by atoms with Gasteiger partial charge in [0, 0.05) is 23.7 Å². The van der Waals surface area contributed by atoms with Crippen molar-refractivity contribution in [2.45, 2.75) is 31.9 Å². The molecule has 1 aliphatic rings. The van der Waals surface area contributed by atoms with Gasteiger partial charge in [-0.05, 0) is 56.2 Å². The maximum absolute atomic E-state index is 13.0. The number of anilines is 1. The molecule has 3 aromatic rings. The average molecular weight is 513 g/mol. The number of aliphatic hydroxyl groups is 1. The number of carbonyl (C=O) groups excluding carboxylic acids is 1. The Morgan fingerprint density at radius 1 is 1.14 bits per heavy atom. The van der Waals surface area contributed by atoms with E-state index in [2.05, 4.69) is 10.6 Å². The van der Waals surface area contributed by atoms with Crippen LogP contribution in [0.1, 0.15) is 41.4 Å². The van der Waals surface area contributed by atoms with Crippen molar-refractivity contribution >= 4 is 17.6 Å². The van der Waals surface area contributed by atoms with Gasteiger partial charge in [-0.25, -0.2) is 9.18 Å². The fourth-order valence-electron chi connectivity index (χ4n) is 3.77. The number of aliphatic hydroxyl groups excluding tert-OH is 1. The minimum absolute atomic E-state index is 0.0671. The highest BCUT2D eigenvalue weighted by molar-refractivity contribution is 5.96. The van der Waals surface area contributed by atoms with Crippen molar-refractivity contribution < 1.29 is 39.1 Å².